The fourth-order valence-corrected chi connectivity index (χ4v) is 2.80. The van der Waals surface area contributed by atoms with Gasteiger partial charge >= 0.3 is 5.69 Å². The number of anilines is 1. The molecule has 1 N–H and O–H groups in total. The molecule has 0 amide bonds. The molecule has 7 heteroatoms. The van der Waals surface area contributed by atoms with Gasteiger partial charge in [-0.25, -0.2) is 9.37 Å². The Balaban J connectivity index is 2.12. The minimum absolute atomic E-state index is 0.148. The highest BCUT2D eigenvalue weighted by Gasteiger charge is 2.27. The molecule has 1 aliphatic rings. The Morgan fingerprint density at radius 1 is 1.45 bits per heavy atom. The topological polar surface area (TPSA) is 91.8 Å². The molecule has 0 aliphatic heterocycles. The van der Waals surface area contributed by atoms with E-state index in [0.29, 0.717) is 41.4 Å². The first-order valence-corrected chi connectivity index (χ1v) is 6.96. The van der Waals surface area contributed by atoms with Crippen LogP contribution < -0.4 is 5.32 Å². The number of hydrogen-bond acceptors (Lipinski definition) is 5. The molecule has 1 aromatic carbocycles. The Hall–Kier alpha value is -2.75. The van der Waals surface area contributed by atoms with Crippen molar-refractivity contribution in [3.8, 4) is 6.07 Å². The van der Waals surface area contributed by atoms with Gasteiger partial charge in [0.15, 0.2) is 0 Å². The van der Waals surface area contributed by atoms with Crippen molar-refractivity contribution in [2.75, 3.05) is 5.32 Å². The number of nitrogens with zero attached hydrogens (tertiary/aromatic N) is 3. The zero-order valence-electron chi connectivity index (χ0n) is 11.6. The highest BCUT2D eigenvalue weighted by molar-refractivity contribution is 5.96. The highest BCUT2D eigenvalue weighted by Crippen LogP contribution is 2.35. The van der Waals surface area contributed by atoms with Crippen LogP contribution in [0.15, 0.2) is 24.4 Å². The van der Waals surface area contributed by atoms with Gasteiger partial charge in [0.1, 0.15) is 18.1 Å². The van der Waals surface area contributed by atoms with Gasteiger partial charge in [-0.15, -0.1) is 0 Å². The maximum atomic E-state index is 13.3. The second-order valence-electron chi connectivity index (χ2n) is 5.37. The zero-order valence-corrected chi connectivity index (χ0v) is 11.6. The average Bonchev–Trinajstić information content (AvgIpc) is 2.92. The molecule has 3 rings (SSSR count). The van der Waals surface area contributed by atoms with E-state index >= 15 is 0 Å². The normalized spacial score (nSPS) is 20.7. The average molecular weight is 300 g/mol. The number of rotatable bonds is 3. The van der Waals surface area contributed by atoms with E-state index in [1.54, 1.807) is 18.2 Å². The molecule has 1 aromatic heterocycles. The van der Waals surface area contributed by atoms with E-state index in [0.717, 1.165) is 0 Å². The van der Waals surface area contributed by atoms with E-state index in [1.807, 2.05) is 6.07 Å². The van der Waals surface area contributed by atoms with E-state index < -0.39 is 11.1 Å². The van der Waals surface area contributed by atoms with Gasteiger partial charge in [-0.3, -0.25) is 10.1 Å². The lowest BCUT2D eigenvalue weighted by Gasteiger charge is -2.15. The third-order valence-corrected chi connectivity index (χ3v) is 3.89. The van der Waals surface area contributed by atoms with Crippen molar-refractivity contribution in [3.05, 3.63) is 40.1 Å². The standard InChI is InChI=1S/C15H13FN4O2/c16-10-2-3-11(6-10)19-15-12-5-9(7-17)1-4-13(12)18-8-14(15)20(21)22/h1,4-5,8,10-11H,2-3,6H2,(H,18,19). The fourth-order valence-electron chi connectivity index (χ4n) is 2.80. The van der Waals surface area contributed by atoms with E-state index in [4.69, 9.17) is 5.26 Å². The van der Waals surface area contributed by atoms with Crippen LogP contribution in [0.2, 0.25) is 0 Å². The Morgan fingerprint density at radius 3 is 2.91 bits per heavy atom. The Morgan fingerprint density at radius 2 is 2.27 bits per heavy atom. The number of halogens is 1. The molecule has 1 heterocycles. The number of nitro groups is 1. The van der Waals surface area contributed by atoms with Crippen molar-refractivity contribution in [3.63, 3.8) is 0 Å². The molecule has 6 nitrogen and oxygen atoms in total. The molecule has 0 spiro atoms. The molecule has 0 saturated heterocycles. The summed E-state index contributed by atoms with van der Waals surface area (Å²) in [4.78, 5) is 14.8. The third kappa shape index (κ3) is 2.55. The molecule has 2 atom stereocenters. The lowest BCUT2D eigenvalue weighted by molar-refractivity contribution is -0.384. The van der Waals surface area contributed by atoms with E-state index in [-0.39, 0.29) is 11.7 Å². The highest BCUT2D eigenvalue weighted by atomic mass is 19.1. The van der Waals surface area contributed by atoms with Gasteiger partial charge in [0.2, 0.25) is 0 Å². The lowest BCUT2D eigenvalue weighted by Crippen LogP contribution is -2.17. The molecule has 1 fully saturated rings. The van der Waals surface area contributed by atoms with Gasteiger partial charge in [-0.1, -0.05) is 0 Å². The number of alkyl halides is 1. The van der Waals surface area contributed by atoms with Crippen LogP contribution in [0.1, 0.15) is 24.8 Å². The number of nitrogens with one attached hydrogen (secondary N) is 1. The molecular formula is C15H13FN4O2. The second kappa shape index (κ2) is 5.56. The van der Waals surface area contributed by atoms with Gasteiger partial charge in [0.05, 0.1) is 22.1 Å². The first-order chi connectivity index (χ1) is 10.6. The summed E-state index contributed by atoms with van der Waals surface area (Å²) >= 11 is 0. The Labute approximate surface area is 125 Å². The Kier molecular flexibility index (Phi) is 3.59. The van der Waals surface area contributed by atoms with Gasteiger partial charge in [-0.2, -0.15) is 5.26 Å². The quantitative estimate of drug-likeness (QED) is 0.693. The molecule has 1 aliphatic carbocycles. The van der Waals surface area contributed by atoms with E-state index in [9.17, 15) is 14.5 Å². The summed E-state index contributed by atoms with van der Waals surface area (Å²) in [5, 5.41) is 23.8. The first-order valence-electron chi connectivity index (χ1n) is 6.96. The Bertz CT molecular complexity index is 787. The summed E-state index contributed by atoms with van der Waals surface area (Å²) in [6.45, 7) is 0. The van der Waals surface area contributed by atoms with Crippen molar-refractivity contribution in [1.29, 1.82) is 5.26 Å². The van der Waals surface area contributed by atoms with Crippen LogP contribution in [-0.4, -0.2) is 22.1 Å². The van der Waals surface area contributed by atoms with Gasteiger partial charge in [-0.05, 0) is 37.5 Å². The molecule has 1 saturated carbocycles. The van der Waals surface area contributed by atoms with Crippen LogP contribution in [0.4, 0.5) is 15.8 Å². The number of pyridine rings is 1. The number of aromatic nitrogens is 1. The van der Waals surface area contributed by atoms with Crippen LogP contribution in [0.3, 0.4) is 0 Å². The predicted octanol–water partition coefficient (Wildman–Crippen LogP) is 3.32. The summed E-state index contributed by atoms with van der Waals surface area (Å²) in [6, 6.07) is 6.69. The summed E-state index contributed by atoms with van der Waals surface area (Å²) in [7, 11) is 0. The number of benzene rings is 1. The minimum atomic E-state index is -0.876. The molecule has 112 valence electrons. The molecule has 2 unspecified atom stereocenters. The van der Waals surface area contributed by atoms with E-state index in [2.05, 4.69) is 10.3 Å². The molecular weight excluding hydrogens is 287 g/mol. The monoisotopic (exact) mass is 300 g/mol. The van der Waals surface area contributed by atoms with Crippen LogP contribution >= 0.6 is 0 Å². The number of fused-ring (bicyclic) bond motifs is 1. The largest absolute Gasteiger partial charge is 0.376 e. The maximum Gasteiger partial charge on any atom is 0.311 e. The zero-order chi connectivity index (χ0) is 15.7. The van der Waals surface area contributed by atoms with Crippen LogP contribution in [0, 0.1) is 21.4 Å². The fraction of sp³-hybridized carbons (Fsp3) is 0.333. The third-order valence-electron chi connectivity index (χ3n) is 3.89. The van der Waals surface area contributed by atoms with E-state index in [1.165, 1.54) is 6.20 Å². The molecule has 22 heavy (non-hydrogen) atoms. The number of nitriles is 1. The molecule has 0 radical (unpaired) electrons. The van der Waals surface area contributed by atoms with Crippen molar-refractivity contribution in [1.82, 2.24) is 4.98 Å². The number of hydrogen-bond donors (Lipinski definition) is 1. The van der Waals surface area contributed by atoms with Crippen LogP contribution in [0.25, 0.3) is 10.9 Å². The molecule has 2 aromatic rings. The van der Waals surface area contributed by atoms with Gasteiger partial charge in [0, 0.05) is 11.4 Å². The maximum absolute atomic E-state index is 13.3. The summed E-state index contributed by atoms with van der Waals surface area (Å²) in [6.07, 6.45) is 1.73. The van der Waals surface area contributed by atoms with Crippen molar-refractivity contribution < 1.29 is 9.31 Å². The van der Waals surface area contributed by atoms with Gasteiger partial charge < -0.3 is 5.32 Å². The first kappa shape index (κ1) is 14.2. The predicted molar refractivity (Wildman–Crippen MR) is 79.3 cm³/mol. The SMILES string of the molecule is N#Cc1ccc2ncc([N+](=O)[O-])c(NC3CCC(F)C3)c2c1. The van der Waals surface area contributed by atoms with Crippen LogP contribution in [0.5, 0.6) is 0 Å². The smallest absolute Gasteiger partial charge is 0.311 e. The summed E-state index contributed by atoms with van der Waals surface area (Å²) in [5.41, 5.74) is 1.10. The van der Waals surface area contributed by atoms with Gasteiger partial charge in [0.25, 0.3) is 0 Å². The second-order valence-corrected chi connectivity index (χ2v) is 5.37. The van der Waals surface area contributed by atoms with Crippen LogP contribution in [-0.2, 0) is 0 Å². The van der Waals surface area contributed by atoms with Crippen molar-refractivity contribution >= 4 is 22.3 Å². The minimum Gasteiger partial charge on any atom is -0.376 e. The summed E-state index contributed by atoms with van der Waals surface area (Å²) in [5.74, 6) is 0. The summed E-state index contributed by atoms with van der Waals surface area (Å²) < 4.78 is 13.3. The van der Waals surface area contributed by atoms with Crippen molar-refractivity contribution in [2.24, 2.45) is 0 Å². The van der Waals surface area contributed by atoms with Crippen molar-refractivity contribution in [2.45, 2.75) is 31.5 Å². The lowest BCUT2D eigenvalue weighted by atomic mass is 10.1. The molecule has 0 bridgehead atoms.